The van der Waals surface area contributed by atoms with Gasteiger partial charge in [-0.1, -0.05) is 18.2 Å². The molecule has 0 saturated carbocycles. The molecule has 0 spiro atoms. The molecule has 0 unspecified atom stereocenters. The number of anilines is 1. The van der Waals surface area contributed by atoms with Gasteiger partial charge in [-0.3, -0.25) is 9.69 Å². The zero-order chi connectivity index (χ0) is 24.8. The second-order valence-corrected chi connectivity index (χ2v) is 10.6. The number of thiophene rings is 1. The van der Waals surface area contributed by atoms with Gasteiger partial charge in [0, 0.05) is 10.3 Å². The number of amides is 2. The highest BCUT2D eigenvalue weighted by molar-refractivity contribution is 7.20. The van der Waals surface area contributed by atoms with Gasteiger partial charge in [-0.05, 0) is 59.1 Å². The molecule has 3 aromatic rings. The first-order chi connectivity index (χ1) is 15.9. The molecule has 2 amide bonds. The van der Waals surface area contributed by atoms with Crippen LogP contribution in [0.1, 0.15) is 62.5 Å². The van der Waals surface area contributed by atoms with Gasteiger partial charge in [0.2, 0.25) is 0 Å². The van der Waals surface area contributed by atoms with E-state index in [0.29, 0.717) is 16.1 Å². The number of nitrogens with one attached hydrogen (secondary N) is 1. The van der Waals surface area contributed by atoms with E-state index in [9.17, 15) is 14.4 Å². The van der Waals surface area contributed by atoms with Crippen LogP contribution in [0.3, 0.4) is 0 Å². The van der Waals surface area contributed by atoms with E-state index < -0.39 is 23.3 Å². The van der Waals surface area contributed by atoms with Crippen molar-refractivity contribution in [3.63, 3.8) is 0 Å². The largest absolute Gasteiger partial charge is 0.448 e. The van der Waals surface area contributed by atoms with Crippen LogP contribution in [-0.2, 0) is 21.6 Å². The summed E-state index contributed by atoms with van der Waals surface area (Å²) in [4.78, 5) is 40.8. The van der Waals surface area contributed by atoms with Gasteiger partial charge in [0.25, 0.3) is 5.91 Å². The Labute approximate surface area is 201 Å². The molecule has 1 N–H and O–H groups in total. The van der Waals surface area contributed by atoms with Crippen molar-refractivity contribution < 1.29 is 23.9 Å². The summed E-state index contributed by atoms with van der Waals surface area (Å²) in [6.45, 7) is 11.0. The molecule has 180 valence electrons. The van der Waals surface area contributed by atoms with Gasteiger partial charge in [0.15, 0.2) is 0 Å². The number of hydrogen-bond donors (Lipinski definition) is 1. The number of benzene rings is 1. The highest BCUT2D eigenvalue weighted by Crippen LogP contribution is 2.42. The minimum Gasteiger partial charge on any atom is -0.448 e. The molecule has 34 heavy (non-hydrogen) atoms. The van der Waals surface area contributed by atoms with Gasteiger partial charge in [-0.25, -0.2) is 9.59 Å². The van der Waals surface area contributed by atoms with Crippen molar-refractivity contribution in [3.8, 4) is 0 Å². The molecule has 1 aromatic carbocycles. The third kappa shape index (κ3) is 4.25. The average molecular weight is 485 g/mol. The highest BCUT2D eigenvalue weighted by atomic mass is 32.1. The predicted molar refractivity (Wildman–Crippen MR) is 129 cm³/mol. The van der Waals surface area contributed by atoms with Crippen molar-refractivity contribution in [3.05, 3.63) is 46.5 Å². The normalized spacial score (nSPS) is 14.7. The molecule has 0 fully saturated rings. The number of hydrogen-bond acceptors (Lipinski definition) is 7. The van der Waals surface area contributed by atoms with E-state index in [1.807, 2.05) is 38.1 Å². The second-order valence-electron chi connectivity index (χ2n) is 9.51. The molecule has 0 radical (unpaired) electrons. The van der Waals surface area contributed by atoms with Gasteiger partial charge in [-0.15, -0.1) is 16.0 Å². The molecule has 0 bridgehead atoms. The van der Waals surface area contributed by atoms with Crippen molar-refractivity contribution in [2.45, 2.75) is 59.2 Å². The van der Waals surface area contributed by atoms with Gasteiger partial charge >= 0.3 is 12.2 Å². The van der Waals surface area contributed by atoms with Crippen molar-refractivity contribution in [1.29, 1.82) is 0 Å². The first-order valence-corrected chi connectivity index (χ1v) is 11.8. The van der Waals surface area contributed by atoms with Crippen LogP contribution in [0.5, 0.6) is 0 Å². The zero-order valence-corrected chi connectivity index (χ0v) is 20.9. The summed E-state index contributed by atoms with van der Waals surface area (Å²) in [5.74, 6) is -0.182. The maximum Gasteiger partial charge on any atom is 0.436 e. The molecule has 10 heteroatoms. The van der Waals surface area contributed by atoms with Gasteiger partial charge in [-0.2, -0.15) is 5.10 Å². The Hall–Kier alpha value is -3.40. The van der Waals surface area contributed by atoms with Crippen molar-refractivity contribution >= 4 is 45.3 Å². The molecular formula is C24H28N4O5S. The second kappa shape index (κ2) is 8.43. The first kappa shape index (κ1) is 23.7. The van der Waals surface area contributed by atoms with E-state index in [2.05, 4.69) is 10.4 Å². The van der Waals surface area contributed by atoms with Crippen LogP contribution in [0.15, 0.2) is 30.3 Å². The van der Waals surface area contributed by atoms with Crippen LogP contribution < -0.4 is 5.32 Å². The fraction of sp³-hybridized carbons (Fsp3) is 0.417. The predicted octanol–water partition coefficient (Wildman–Crippen LogP) is 5.34. The summed E-state index contributed by atoms with van der Waals surface area (Å²) in [6, 6.07) is 9.50. The maximum absolute atomic E-state index is 13.2. The molecule has 1 aliphatic rings. The fourth-order valence-electron chi connectivity index (χ4n) is 3.89. The topological polar surface area (TPSA) is 103 Å². The van der Waals surface area contributed by atoms with Crippen LogP contribution in [0.2, 0.25) is 0 Å². The lowest BCUT2D eigenvalue weighted by Crippen LogP contribution is -2.44. The van der Waals surface area contributed by atoms with Crippen molar-refractivity contribution in [1.82, 2.24) is 14.7 Å². The Kier molecular flexibility index (Phi) is 5.89. The molecule has 9 nitrogen and oxygen atoms in total. The number of fused-ring (bicyclic) bond motifs is 2. The first-order valence-electron chi connectivity index (χ1n) is 11.0. The number of carbonyl (C=O) groups is 3. The van der Waals surface area contributed by atoms with E-state index >= 15 is 0 Å². The number of nitrogens with zero attached hydrogens (tertiary/aromatic N) is 3. The van der Waals surface area contributed by atoms with E-state index in [1.54, 1.807) is 38.7 Å². The van der Waals surface area contributed by atoms with E-state index in [0.717, 1.165) is 14.8 Å². The fourth-order valence-corrected chi connectivity index (χ4v) is 4.85. The summed E-state index contributed by atoms with van der Waals surface area (Å²) < 4.78 is 12.8. The molecule has 0 saturated heterocycles. The molecule has 4 rings (SSSR count). The highest BCUT2D eigenvalue weighted by Gasteiger charge is 2.47. The SMILES string of the molecule is CCOC(=O)n1nc2c(c1NC(=O)c1cc3ccccc3s1)CN(C(=O)OC(C)(C)C)C2(C)C. The minimum absolute atomic E-state index is 0.124. The standard InChI is InChI=1S/C24H28N4O5S/c1-7-32-22(31)28-19(25-20(29)17-12-14-10-8-9-11-16(14)34-17)15-13-27(21(30)33-23(2,3)4)24(5,6)18(15)26-28/h8-12H,7,13H2,1-6H3,(H,25,29). The Bertz CT molecular complexity index is 1250. The lowest BCUT2D eigenvalue weighted by atomic mass is 10.0. The quantitative estimate of drug-likeness (QED) is 0.538. The van der Waals surface area contributed by atoms with Crippen LogP contribution >= 0.6 is 11.3 Å². The summed E-state index contributed by atoms with van der Waals surface area (Å²) >= 11 is 1.35. The summed E-state index contributed by atoms with van der Waals surface area (Å²) in [6.07, 6.45) is -1.21. The van der Waals surface area contributed by atoms with Crippen LogP contribution in [0.25, 0.3) is 10.1 Å². The maximum atomic E-state index is 13.2. The molecule has 0 atom stereocenters. The Morgan fingerprint density at radius 1 is 1.18 bits per heavy atom. The summed E-state index contributed by atoms with van der Waals surface area (Å²) in [7, 11) is 0. The monoisotopic (exact) mass is 484 g/mol. The molecular weight excluding hydrogens is 456 g/mol. The molecule has 0 aliphatic carbocycles. The van der Waals surface area contributed by atoms with Crippen LogP contribution in [0.4, 0.5) is 15.4 Å². The Morgan fingerprint density at radius 3 is 2.53 bits per heavy atom. The molecule has 2 aromatic heterocycles. The zero-order valence-electron chi connectivity index (χ0n) is 20.1. The lowest BCUT2D eigenvalue weighted by Gasteiger charge is -2.33. The number of aromatic nitrogens is 2. The number of carbonyl (C=O) groups excluding carboxylic acids is 3. The lowest BCUT2D eigenvalue weighted by molar-refractivity contribution is 0.00442. The molecule has 1 aliphatic heterocycles. The Morgan fingerprint density at radius 2 is 1.88 bits per heavy atom. The van der Waals surface area contributed by atoms with Gasteiger partial charge in [0.05, 0.1) is 29.3 Å². The number of ether oxygens (including phenoxy) is 2. The minimum atomic E-state index is -0.869. The van der Waals surface area contributed by atoms with Crippen LogP contribution in [0, 0.1) is 0 Å². The van der Waals surface area contributed by atoms with Crippen LogP contribution in [-0.4, -0.2) is 45.0 Å². The third-order valence-electron chi connectivity index (χ3n) is 5.49. The average Bonchev–Trinajstić information content (AvgIpc) is 3.39. The van der Waals surface area contributed by atoms with Gasteiger partial charge < -0.3 is 14.8 Å². The van der Waals surface area contributed by atoms with Crippen molar-refractivity contribution in [2.75, 3.05) is 11.9 Å². The molecule has 3 heterocycles. The van der Waals surface area contributed by atoms with E-state index in [4.69, 9.17) is 9.47 Å². The Balaban J connectivity index is 1.71. The summed E-state index contributed by atoms with van der Waals surface area (Å²) in [5.41, 5.74) is -0.473. The third-order valence-corrected chi connectivity index (χ3v) is 6.60. The van der Waals surface area contributed by atoms with E-state index in [-0.39, 0.29) is 24.9 Å². The van der Waals surface area contributed by atoms with Gasteiger partial charge in [0.1, 0.15) is 11.4 Å². The number of rotatable bonds is 3. The van der Waals surface area contributed by atoms with Crippen molar-refractivity contribution in [2.24, 2.45) is 0 Å². The smallest absolute Gasteiger partial charge is 0.436 e. The summed E-state index contributed by atoms with van der Waals surface area (Å²) in [5, 5.41) is 8.26. The van der Waals surface area contributed by atoms with E-state index in [1.165, 1.54) is 11.3 Å².